The highest BCUT2D eigenvalue weighted by Gasteiger charge is 2.15. The third kappa shape index (κ3) is 5.54. The van der Waals surface area contributed by atoms with Gasteiger partial charge in [0.05, 0.1) is 12.4 Å². The molecule has 0 aliphatic heterocycles. The van der Waals surface area contributed by atoms with E-state index in [0.29, 0.717) is 11.1 Å². The van der Waals surface area contributed by atoms with Crippen LogP contribution in [0.4, 0.5) is 0 Å². The summed E-state index contributed by atoms with van der Waals surface area (Å²) in [5.41, 5.74) is 5.70. The van der Waals surface area contributed by atoms with E-state index in [9.17, 15) is 19.8 Å². The number of phenols is 2. The second-order valence-corrected chi connectivity index (χ2v) is 5.75. The largest absolute Gasteiger partial charge is 0.508 e. The smallest absolute Gasteiger partial charge is 0.307 e. The minimum atomic E-state index is -0.649. The van der Waals surface area contributed by atoms with Crippen LogP contribution in [0.25, 0.3) is 0 Å². The van der Waals surface area contributed by atoms with Crippen molar-refractivity contribution in [1.82, 2.24) is 10.9 Å². The van der Waals surface area contributed by atoms with Crippen LogP contribution in [0.15, 0.2) is 75.3 Å². The number of hydrogen-bond acceptors (Lipinski definition) is 7. The van der Waals surface area contributed by atoms with Crippen molar-refractivity contribution < 1.29 is 24.2 Å². The summed E-state index contributed by atoms with van der Waals surface area (Å²) >= 11 is 0. The van der Waals surface area contributed by atoms with Gasteiger partial charge in [0.2, 0.25) is 0 Å². The average molecular weight is 392 g/mol. The fourth-order valence-corrected chi connectivity index (χ4v) is 2.23. The highest BCUT2D eigenvalue weighted by Crippen LogP contribution is 2.10. The van der Waals surface area contributed by atoms with Crippen LogP contribution in [0.1, 0.15) is 32.2 Å². The molecule has 0 aliphatic carbocycles. The lowest BCUT2D eigenvalue weighted by Gasteiger charge is -1.98. The summed E-state index contributed by atoms with van der Waals surface area (Å²) in [5, 5.41) is 26.3. The van der Waals surface area contributed by atoms with E-state index in [2.05, 4.69) is 21.1 Å². The number of carbonyl (C=O) groups excluding carboxylic acids is 2. The monoisotopic (exact) mass is 392 g/mol. The van der Waals surface area contributed by atoms with E-state index in [1.165, 1.54) is 48.8 Å². The SMILES string of the molecule is O=C(N/N=C/c1cccc(O)c1)c1ccc(C(=O)N/N=C/c2cccc(O)c2)o1. The topological polar surface area (TPSA) is 137 Å². The second kappa shape index (κ2) is 9.00. The molecule has 2 amide bonds. The van der Waals surface area contributed by atoms with Crippen LogP contribution in [0, 0.1) is 0 Å². The van der Waals surface area contributed by atoms with Gasteiger partial charge in [-0.05, 0) is 47.5 Å². The number of benzene rings is 2. The number of carbonyl (C=O) groups is 2. The van der Waals surface area contributed by atoms with Gasteiger partial charge in [-0.1, -0.05) is 24.3 Å². The maximum atomic E-state index is 12.0. The highest BCUT2D eigenvalue weighted by molar-refractivity contribution is 5.96. The van der Waals surface area contributed by atoms with Gasteiger partial charge in [-0.25, -0.2) is 10.9 Å². The molecule has 1 aromatic heterocycles. The lowest BCUT2D eigenvalue weighted by Crippen LogP contribution is -2.18. The molecule has 3 rings (SSSR count). The molecule has 146 valence electrons. The molecule has 0 radical (unpaired) electrons. The van der Waals surface area contributed by atoms with Crippen molar-refractivity contribution in [3.8, 4) is 11.5 Å². The first-order valence-corrected chi connectivity index (χ1v) is 8.36. The maximum Gasteiger partial charge on any atom is 0.307 e. The van der Waals surface area contributed by atoms with Crippen LogP contribution in [-0.2, 0) is 0 Å². The standard InChI is InChI=1S/C20H16N4O5/c25-15-5-1-3-13(9-15)11-21-23-19(27)17-7-8-18(29-17)20(28)24-22-12-14-4-2-6-16(26)10-14/h1-12,25-26H,(H,23,27)(H,24,28)/b21-11+,22-12+. The Morgan fingerprint density at radius 3 is 1.62 bits per heavy atom. The van der Waals surface area contributed by atoms with E-state index in [1.807, 2.05) is 0 Å². The van der Waals surface area contributed by atoms with Crippen LogP contribution in [0.2, 0.25) is 0 Å². The molecule has 0 saturated carbocycles. The van der Waals surface area contributed by atoms with Crippen LogP contribution in [-0.4, -0.2) is 34.5 Å². The van der Waals surface area contributed by atoms with Crippen molar-refractivity contribution in [3.63, 3.8) is 0 Å². The number of nitrogens with one attached hydrogen (secondary N) is 2. The zero-order chi connectivity index (χ0) is 20.6. The number of hydrogen-bond donors (Lipinski definition) is 4. The van der Waals surface area contributed by atoms with Gasteiger partial charge in [0, 0.05) is 0 Å². The molecule has 0 saturated heterocycles. The summed E-state index contributed by atoms with van der Waals surface area (Å²) in [6, 6.07) is 15.3. The molecular formula is C20H16N4O5. The minimum Gasteiger partial charge on any atom is -0.508 e. The van der Waals surface area contributed by atoms with Gasteiger partial charge >= 0.3 is 11.8 Å². The Hall–Kier alpha value is -4.40. The quantitative estimate of drug-likeness (QED) is 0.377. The fourth-order valence-electron chi connectivity index (χ4n) is 2.23. The number of nitrogens with zero attached hydrogens (tertiary/aromatic N) is 2. The zero-order valence-electron chi connectivity index (χ0n) is 14.9. The molecule has 0 atom stereocenters. The van der Waals surface area contributed by atoms with Gasteiger partial charge in [0.15, 0.2) is 11.5 Å². The Bertz CT molecular complexity index is 1000. The van der Waals surface area contributed by atoms with E-state index in [-0.39, 0.29) is 23.0 Å². The van der Waals surface area contributed by atoms with Crippen molar-refractivity contribution in [2.45, 2.75) is 0 Å². The van der Waals surface area contributed by atoms with Gasteiger partial charge in [-0.3, -0.25) is 9.59 Å². The molecule has 9 nitrogen and oxygen atoms in total. The molecule has 0 unspecified atom stereocenters. The predicted octanol–water partition coefficient (Wildman–Crippen LogP) is 2.22. The van der Waals surface area contributed by atoms with Gasteiger partial charge in [-0.2, -0.15) is 10.2 Å². The molecule has 0 bridgehead atoms. The molecule has 1 heterocycles. The number of rotatable bonds is 6. The minimum absolute atomic E-state index is 0.0775. The first-order valence-electron chi connectivity index (χ1n) is 8.36. The summed E-state index contributed by atoms with van der Waals surface area (Å²) in [4.78, 5) is 24.0. The van der Waals surface area contributed by atoms with Crippen molar-refractivity contribution in [3.05, 3.63) is 83.3 Å². The van der Waals surface area contributed by atoms with Gasteiger partial charge in [-0.15, -0.1) is 0 Å². The first kappa shape index (κ1) is 19.4. The van der Waals surface area contributed by atoms with E-state index >= 15 is 0 Å². The van der Waals surface area contributed by atoms with Crippen molar-refractivity contribution in [2.75, 3.05) is 0 Å². The Morgan fingerprint density at radius 2 is 1.21 bits per heavy atom. The third-order valence-electron chi connectivity index (χ3n) is 3.55. The van der Waals surface area contributed by atoms with Gasteiger partial charge in [0.25, 0.3) is 0 Å². The Morgan fingerprint density at radius 1 is 0.759 bits per heavy atom. The van der Waals surface area contributed by atoms with E-state index in [4.69, 9.17) is 4.42 Å². The number of hydrazone groups is 2. The molecule has 3 aromatic rings. The predicted molar refractivity (Wildman–Crippen MR) is 105 cm³/mol. The second-order valence-electron chi connectivity index (χ2n) is 5.75. The Kier molecular flexibility index (Phi) is 6.01. The van der Waals surface area contributed by atoms with Crippen LogP contribution >= 0.6 is 0 Å². The fraction of sp³-hybridized carbons (Fsp3) is 0. The molecule has 0 spiro atoms. The summed E-state index contributed by atoms with van der Waals surface area (Å²) in [7, 11) is 0. The van der Waals surface area contributed by atoms with E-state index in [1.54, 1.807) is 24.3 Å². The lowest BCUT2D eigenvalue weighted by atomic mass is 10.2. The molecule has 29 heavy (non-hydrogen) atoms. The Balaban J connectivity index is 1.55. The molecule has 4 N–H and O–H groups in total. The number of aromatic hydroxyl groups is 2. The van der Waals surface area contributed by atoms with Crippen LogP contribution in [0.5, 0.6) is 11.5 Å². The zero-order valence-corrected chi connectivity index (χ0v) is 14.9. The van der Waals surface area contributed by atoms with E-state index in [0.717, 1.165) is 0 Å². The number of furan rings is 1. The molecular weight excluding hydrogens is 376 g/mol. The van der Waals surface area contributed by atoms with Crippen LogP contribution in [0.3, 0.4) is 0 Å². The molecule has 9 heteroatoms. The summed E-state index contributed by atoms with van der Waals surface area (Å²) in [6.07, 6.45) is 2.70. The average Bonchev–Trinajstić information content (AvgIpc) is 3.18. The summed E-state index contributed by atoms with van der Waals surface area (Å²) < 4.78 is 5.20. The number of phenolic OH excluding ortho intramolecular Hbond substituents is 2. The van der Waals surface area contributed by atoms with Crippen LogP contribution < -0.4 is 10.9 Å². The normalized spacial score (nSPS) is 11.0. The van der Waals surface area contributed by atoms with E-state index < -0.39 is 11.8 Å². The Labute approximate surface area is 165 Å². The lowest BCUT2D eigenvalue weighted by molar-refractivity contribution is 0.0902. The third-order valence-corrected chi connectivity index (χ3v) is 3.55. The maximum absolute atomic E-state index is 12.0. The molecule has 0 aliphatic rings. The summed E-state index contributed by atoms with van der Waals surface area (Å²) in [5.74, 6) is -1.37. The van der Waals surface area contributed by atoms with Gasteiger partial charge < -0.3 is 14.6 Å². The highest BCUT2D eigenvalue weighted by atomic mass is 16.4. The summed E-state index contributed by atoms with van der Waals surface area (Å²) in [6.45, 7) is 0. The van der Waals surface area contributed by atoms with Gasteiger partial charge in [0.1, 0.15) is 11.5 Å². The molecule has 0 fully saturated rings. The van der Waals surface area contributed by atoms with Crippen molar-refractivity contribution in [2.24, 2.45) is 10.2 Å². The van der Waals surface area contributed by atoms with Crippen molar-refractivity contribution in [1.29, 1.82) is 0 Å². The first-order chi connectivity index (χ1) is 14.0. The molecule has 2 aromatic carbocycles. The van der Waals surface area contributed by atoms with Crippen molar-refractivity contribution >= 4 is 24.2 Å². The number of amides is 2.